The van der Waals surface area contributed by atoms with Gasteiger partial charge >= 0.3 is 0 Å². The maximum atomic E-state index is 6.01. The predicted octanol–water partition coefficient (Wildman–Crippen LogP) is 4.23. The molecule has 0 fully saturated rings. The number of para-hydroxylation sites is 1. The molecule has 0 aliphatic carbocycles. The number of nitrogens with one attached hydrogen (secondary N) is 1. The van der Waals surface area contributed by atoms with Gasteiger partial charge in [-0.25, -0.2) is 0 Å². The van der Waals surface area contributed by atoms with E-state index >= 15 is 0 Å². The quantitative estimate of drug-likeness (QED) is 0.852. The van der Waals surface area contributed by atoms with Gasteiger partial charge in [-0.05, 0) is 38.4 Å². The lowest BCUT2D eigenvalue weighted by Crippen LogP contribution is -2.26. The summed E-state index contributed by atoms with van der Waals surface area (Å²) < 4.78 is 6.01. The largest absolute Gasteiger partial charge is 0.461 e. The Kier molecular flexibility index (Phi) is 4.07. The van der Waals surface area contributed by atoms with E-state index in [1.54, 1.807) is 0 Å². The van der Waals surface area contributed by atoms with Crippen LogP contribution in [-0.4, -0.2) is 12.6 Å². The lowest BCUT2D eigenvalue weighted by Gasteiger charge is -2.16. The summed E-state index contributed by atoms with van der Waals surface area (Å²) >= 11 is 0. The van der Waals surface area contributed by atoms with Gasteiger partial charge in [-0.3, -0.25) is 0 Å². The summed E-state index contributed by atoms with van der Waals surface area (Å²) in [5.74, 6) is 1.55. The fourth-order valence-corrected chi connectivity index (χ4v) is 2.55. The molecule has 2 atom stereocenters. The molecule has 2 rings (SSSR count). The maximum Gasteiger partial charge on any atom is 0.137 e. The summed E-state index contributed by atoms with van der Waals surface area (Å²) in [7, 11) is 0. The average molecular weight is 245 g/mol. The third kappa shape index (κ3) is 2.75. The van der Waals surface area contributed by atoms with Crippen molar-refractivity contribution in [2.45, 2.75) is 46.1 Å². The van der Waals surface area contributed by atoms with E-state index in [0.717, 1.165) is 24.3 Å². The minimum absolute atomic E-state index is 0.450. The van der Waals surface area contributed by atoms with E-state index in [-0.39, 0.29) is 0 Å². The molecule has 1 aromatic carbocycles. The Morgan fingerprint density at radius 1 is 1.28 bits per heavy atom. The van der Waals surface area contributed by atoms with E-state index in [4.69, 9.17) is 4.42 Å². The summed E-state index contributed by atoms with van der Waals surface area (Å²) in [4.78, 5) is 0. The SMILES string of the molecule is CCNC(C)CC(C)c1cc2cccc(C)c2o1. The van der Waals surface area contributed by atoms with Crippen molar-refractivity contribution >= 4 is 11.0 Å². The second kappa shape index (κ2) is 5.57. The number of benzene rings is 1. The Bertz CT molecular complexity index is 515. The molecular weight excluding hydrogens is 222 g/mol. The van der Waals surface area contributed by atoms with Gasteiger partial charge in [0.1, 0.15) is 11.3 Å². The molecule has 98 valence electrons. The van der Waals surface area contributed by atoms with Gasteiger partial charge in [-0.2, -0.15) is 0 Å². The second-order valence-corrected chi connectivity index (χ2v) is 5.24. The zero-order chi connectivity index (χ0) is 13.1. The fourth-order valence-electron chi connectivity index (χ4n) is 2.55. The maximum absolute atomic E-state index is 6.01. The van der Waals surface area contributed by atoms with Crippen molar-refractivity contribution in [1.29, 1.82) is 0 Å². The molecule has 0 amide bonds. The van der Waals surface area contributed by atoms with E-state index in [1.165, 1.54) is 10.9 Å². The van der Waals surface area contributed by atoms with Crippen LogP contribution in [0.15, 0.2) is 28.7 Å². The Balaban J connectivity index is 2.18. The molecule has 1 aromatic heterocycles. The van der Waals surface area contributed by atoms with Crippen LogP contribution in [0.2, 0.25) is 0 Å². The minimum Gasteiger partial charge on any atom is -0.461 e. The van der Waals surface area contributed by atoms with E-state index in [9.17, 15) is 0 Å². The second-order valence-electron chi connectivity index (χ2n) is 5.24. The molecule has 0 radical (unpaired) electrons. The number of furan rings is 1. The number of hydrogen-bond acceptors (Lipinski definition) is 2. The van der Waals surface area contributed by atoms with Crippen LogP contribution < -0.4 is 5.32 Å². The van der Waals surface area contributed by atoms with Gasteiger partial charge in [-0.1, -0.05) is 32.0 Å². The van der Waals surface area contributed by atoms with Crippen LogP contribution >= 0.6 is 0 Å². The molecule has 0 saturated carbocycles. The zero-order valence-electron chi connectivity index (χ0n) is 11.8. The van der Waals surface area contributed by atoms with Crippen LogP contribution in [0.1, 0.15) is 44.4 Å². The van der Waals surface area contributed by atoms with Crippen molar-refractivity contribution in [3.63, 3.8) is 0 Å². The Morgan fingerprint density at radius 2 is 2.06 bits per heavy atom. The summed E-state index contributed by atoms with van der Waals surface area (Å²) in [6, 6.07) is 9.02. The summed E-state index contributed by atoms with van der Waals surface area (Å²) in [6.07, 6.45) is 1.10. The monoisotopic (exact) mass is 245 g/mol. The van der Waals surface area contributed by atoms with Crippen molar-refractivity contribution in [2.75, 3.05) is 6.54 Å². The molecule has 0 aliphatic rings. The lowest BCUT2D eigenvalue weighted by atomic mass is 10.00. The first-order chi connectivity index (χ1) is 8.61. The first kappa shape index (κ1) is 13.2. The molecule has 1 N–H and O–H groups in total. The normalized spacial score (nSPS) is 14.9. The molecule has 18 heavy (non-hydrogen) atoms. The van der Waals surface area contributed by atoms with E-state index in [0.29, 0.717) is 12.0 Å². The third-order valence-electron chi connectivity index (χ3n) is 3.51. The van der Waals surface area contributed by atoms with Crippen molar-refractivity contribution < 1.29 is 4.42 Å². The van der Waals surface area contributed by atoms with E-state index < -0.39 is 0 Å². The summed E-state index contributed by atoms with van der Waals surface area (Å²) in [6.45, 7) is 9.73. The smallest absolute Gasteiger partial charge is 0.137 e. The minimum atomic E-state index is 0.450. The topological polar surface area (TPSA) is 25.2 Å². The highest BCUT2D eigenvalue weighted by molar-refractivity contribution is 5.80. The molecule has 0 saturated heterocycles. The Morgan fingerprint density at radius 3 is 2.72 bits per heavy atom. The third-order valence-corrected chi connectivity index (χ3v) is 3.51. The first-order valence-corrected chi connectivity index (χ1v) is 6.84. The van der Waals surface area contributed by atoms with Crippen LogP contribution in [0.5, 0.6) is 0 Å². The van der Waals surface area contributed by atoms with Gasteiger partial charge in [0, 0.05) is 17.3 Å². The molecular formula is C16H23NO. The van der Waals surface area contributed by atoms with E-state index in [1.807, 2.05) is 0 Å². The summed E-state index contributed by atoms with van der Waals surface area (Å²) in [5.41, 5.74) is 2.25. The highest BCUT2D eigenvalue weighted by atomic mass is 16.3. The van der Waals surface area contributed by atoms with Crippen LogP contribution in [0.4, 0.5) is 0 Å². The average Bonchev–Trinajstić information content (AvgIpc) is 2.74. The van der Waals surface area contributed by atoms with Crippen molar-refractivity contribution in [1.82, 2.24) is 5.32 Å². The van der Waals surface area contributed by atoms with Crippen LogP contribution in [0, 0.1) is 6.92 Å². The van der Waals surface area contributed by atoms with Gasteiger partial charge in [-0.15, -0.1) is 0 Å². The predicted molar refractivity (Wildman–Crippen MR) is 77.1 cm³/mol. The number of rotatable bonds is 5. The summed E-state index contributed by atoms with van der Waals surface area (Å²) in [5, 5.41) is 4.67. The molecule has 0 bridgehead atoms. The molecule has 2 nitrogen and oxygen atoms in total. The Hall–Kier alpha value is -1.28. The Labute approximate surface area is 109 Å². The van der Waals surface area contributed by atoms with Crippen molar-refractivity contribution in [3.8, 4) is 0 Å². The van der Waals surface area contributed by atoms with E-state index in [2.05, 4.69) is 57.3 Å². The lowest BCUT2D eigenvalue weighted by molar-refractivity contribution is 0.434. The number of fused-ring (bicyclic) bond motifs is 1. The highest BCUT2D eigenvalue weighted by Crippen LogP contribution is 2.29. The van der Waals surface area contributed by atoms with Gasteiger partial charge in [0.2, 0.25) is 0 Å². The first-order valence-electron chi connectivity index (χ1n) is 6.84. The molecule has 2 unspecified atom stereocenters. The van der Waals surface area contributed by atoms with Crippen molar-refractivity contribution in [2.24, 2.45) is 0 Å². The van der Waals surface area contributed by atoms with Crippen LogP contribution in [-0.2, 0) is 0 Å². The van der Waals surface area contributed by atoms with Crippen LogP contribution in [0.25, 0.3) is 11.0 Å². The molecule has 1 heterocycles. The molecule has 2 heteroatoms. The fraction of sp³-hybridized carbons (Fsp3) is 0.500. The van der Waals surface area contributed by atoms with Crippen LogP contribution in [0.3, 0.4) is 0 Å². The molecule has 0 aliphatic heterocycles. The van der Waals surface area contributed by atoms with Gasteiger partial charge in [0.25, 0.3) is 0 Å². The zero-order valence-corrected chi connectivity index (χ0v) is 11.8. The number of aryl methyl sites for hydroxylation is 1. The van der Waals surface area contributed by atoms with Gasteiger partial charge < -0.3 is 9.73 Å². The van der Waals surface area contributed by atoms with Gasteiger partial charge in [0.15, 0.2) is 0 Å². The van der Waals surface area contributed by atoms with Crippen molar-refractivity contribution in [3.05, 3.63) is 35.6 Å². The standard InChI is InChI=1S/C16H23NO/c1-5-17-13(4)9-12(3)15-10-14-8-6-7-11(2)16(14)18-15/h6-8,10,12-13,17H,5,9H2,1-4H3. The highest BCUT2D eigenvalue weighted by Gasteiger charge is 2.15. The van der Waals surface area contributed by atoms with Gasteiger partial charge in [0.05, 0.1) is 0 Å². The molecule has 2 aromatic rings. The number of hydrogen-bond donors (Lipinski definition) is 1. The molecule has 0 spiro atoms.